The lowest BCUT2D eigenvalue weighted by Crippen LogP contribution is -2.27. The normalized spacial score (nSPS) is 18.9. The third-order valence-electron chi connectivity index (χ3n) is 1.93. The van der Waals surface area contributed by atoms with E-state index in [1.807, 2.05) is 6.92 Å². The Hall–Kier alpha value is -1.36. The Bertz CT molecular complexity index is 335. The maximum atomic E-state index is 10.6. The van der Waals surface area contributed by atoms with Crippen molar-refractivity contribution in [3.63, 3.8) is 0 Å². The van der Waals surface area contributed by atoms with Gasteiger partial charge in [-0.2, -0.15) is 0 Å². The first-order valence-corrected chi connectivity index (χ1v) is 5.63. The predicted molar refractivity (Wildman–Crippen MR) is 59.8 cm³/mol. The third kappa shape index (κ3) is 3.71. The van der Waals surface area contributed by atoms with Gasteiger partial charge in [-0.25, -0.2) is 4.79 Å². The van der Waals surface area contributed by atoms with E-state index < -0.39 is 0 Å². The Morgan fingerprint density at radius 3 is 2.40 bits per heavy atom. The molecule has 15 heavy (non-hydrogen) atoms. The summed E-state index contributed by atoms with van der Waals surface area (Å²) in [6.07, 6.45) is 0.650. The van der Waals surface area contributed by atoms with Crippen LogP contribution in [0.3, 0.4) is 0 Å². The van der Waals surface area contributed by atoms with E-state index in [2.05, 4.69) is 35.1 Å². The van der Waals surface area contributed by atoms with Gasteiger partial charge in [0, 0.05) is 4.88 Å². The number of hydrogen-bond acceptors (Lipinski definition) is 3. The number of carbonyl (C=O) groups excluding carboxylic acids is 2. The lowest BCUT2D eigenvalue weighted by molar-refractivity contribution is -0.120. The number of carbonyl (C=O) groups is 2. The maximum Gasteiger partial charge on any atom is 0.322 e. The van der Waals surface area contributed by atoms with E-state index in [1.54, 1.807) is 11.3 Å². The zero-order chi connectivity index (χ0) is 11.3. The molecule has 0 aliphatic carbocycles. The van der Waals surface area contributed by atoms with Crippen LogP contribution in [0.25, 0.3) is 0 Å². The number of urea groups is 1. The van der Waals surface area contributed by atoms with E-state index in [1.165, 1.54) is 4.88 Å². The third-order valence-corrected chi connectivity index (χ3v) is 2.73. The van der Waals surface area contributed by atoms with Gasteiger partial charge in [-0.05, 0) is 24.8 Å². The van der Waals surface area contributed by atoms with E-state index in [9.17, 15) is 9.59 Å². The number of aryl methyl sites for hydroxylation is 1. The molecule has 1 saturated heterocycles. The number of thiophene rings is 1. The van der Waals surface area contributed by atoms with Crippen molar-refractivity contribution >= 4 is 23.3 Å². The highest BCUT2D eigenvalue weighted by molar-refractivity contribution is 7.09. The van der Waals surface area contributed by atoms with Crippen molar-refractivity contribution in [2.24, 2.45) is 0 Å². The van der Waals surface area contributed by atoms with Crippen LogP contribution in [-0.2, 0) is 4.79 Å². The second-order valence-corrected chi connectivity index (χ2v) is 4.30. The number of hydrogen-bond donors (Lipinski definition) is 2. The standard InChI is InChI=1S/C5H8N2O2.C5H6S/c1-2-3-4(8)7-5(9)6-3;1-5-3-2-4-6-5/h3H,2H2,1H3,(H2,6,7,8,9);2-4H,1H3. The number of rotatable bonds is 1. The van der Waals surface area contributed by atoms with E-state index in [0.717, 1.165) is 0 Å². The molecule has 0 spiro atoms. The highest BCUT2D eigenvalue weighted by Crippen LogP contribution is 2.03. The quantitative estimate of drug-likeness (QED) is 0.715. The van der Waals surface area contributed by atoms with Crippen LogP contribution in [0.4, 0.5) is 4.79 Å². The summed E-state index contributed by atoms with van der Waals surface area (Å²) >= 11 is 1.78. The molecule has 1 unspecified atom stereocenters. The zero-order valence-electron chi connectivity index (χ0n) is 8.74. The molecule has 1 aromatic heterocycles. The molecule has 0 bridgehead atoms. The van der Waals surface area contributed by atoms with Crippen molar-refractivity contribution in [3.05, 3.63) is 22.4 Å². The lowest BCUT2D eigenvalue weighted by atomic mass is 10.2. The van der Waals surface area contributed by atoms with Gasteiger partial charge in [0.2, 0.25) is 0 Å². The molecule has 0 saturated carbocycles. The van der Waals surface area contributed by atoms with Crippen LogP contribution in [0.15, 0.2) is 17.5 Å². The smallest absolute Gasteiger partial charge is 0.322 e. The van der Waals surface area contributed by atoms with Crippen LogP contribution in [0.1, 0.15) is 18.2 Å². The zero-order valence-corrected chi connectivity index (χ0v) is 9.56. The average molecular weight is 226 g/mol. The highest BCUT2D eigenvalue weighted by atomic mass is 32.1. The van der Waals surface area contributed by atoms with Gasteiger partial charge >= 0.3 is 6.03 Å². The molecule has 3 amide bonds. The van der Waals surface area contributed by atoms with Crippen LogP contribution >= 0.6 is 11.3 Å². The minimum absolute atomic E-state index is 0.220. The first-order valence-electron chi connectivity index (χ1n) is 4.75. The Labute approximate surface area is 92.7 Å². The fourth-order valence-corrected chi connectivity index (χ4v) is 1.64. The molecular weight excluding hydrogens is 212 g/mol. The summed E-state index contributed by atoms with van der Waals surface area (Å²) < 4.78 is 0. The molecule has 1 aromatic rings. The van der Waals surface area contributed by atoms with Gasteiger partial charge in [0.25, 0.3) is 5.91 Å². The summed E-state index contributed by atoms with van der Waals surface area (Å²) in [6.45, 7) is 3.94. The second-order valence-electron chi connectivity index (χ2n) is 3.15. The first-order chi connectivity index (χ1) is 7.13. The number of amides is 3. The molecular formula is C10H14N2O2S. The van der Waals surface area contributed by atoms with Crippen LogP contribution in [-0.4, -0.2) is 18.0 Å². The summed E-state index contributed by atoms with van der Waals surface area (Å²) in [7, 11) is 0. The van der Waals surface area contributed by atoms with Crippen molar-refractivity contribution in [1.29, 1.82) is 0 Å². The first kappa shape index (κ1) is 11.7. The second kappa shape index (κ2) is 5.50. The summed E-state index contributed by atoms with van der Waals surface area (Å²) in [5.74, 6) is -0.220. The van der Waals surface area contributed by atoms with Gasteiger partial charge < -0.3 is 5.32 Å². The van der Waals surface area contributed by atoms with Gasteiger partial charge in [-0.3, -0.25) is 10.1 Å². The van der Waals surface area contributed by atoms with Crippen LogP contribution in [0, 0.1) is 6.92 Å². The number of imide groups is 1. The van der Waals surface area contributed by atoms with Crippen molar-refractivity contribution in [2.75, 3.05) is 0 Å². The molecule has 1 fully saturated rings. The van der Waals surface area contributed by atoms with E-state index in [-0.39, 0.29) is 18.0 Å². The fourth-order valence-electron chi connectivity index (χ4n) is 1.11. The molecule has 1 atom stereocenters. The van der Waals surface area contributed by atoms with Crippen molar-refractivity contribution < 1.29 is 9.59 Å². The molecule has 5 heteroatoms. The van der Waals surface area contributed by atoms with Gasteiger partial charge in [-0.15, -0.1) is 11.3 Å². The van der Waals surface area contributed by atoms with E-state index in [4.69, 9.17) is 0 Å². The van der Waals surface area contributed by atoms with Crippen molar-refractivity contribution in [2.45, 2.75) is 26.3 Å². The molecule has 82 valence electrons. The number of nitrogens with one attached hydrogen (secondary N) is 2. The van der Waals surface area contributed by atoms with Crippen LogP contribution in [0.5, 0.6) is 0 Å². The van der Waals surface area contributed by atoms with Crippen molar-refractivity contribution in [1.82, 2.24) is 10.6 Å². The minimum atomic E-state index is -0.383. The summed E-state index contributed by atoms with van der Waals surface area (Å²) in [5.41, 5.74) is 0. The van der Waals surface area contributed by atoms with Crippen molar-refractivity contribution in [3.8, 4) is 0 Å². The Morgan fingerprint density at radius 1 is 1.47 bits per heavy atom. The van der Waals surface area contributed by atoms with Gasteiger partial charge in [-0.1, -0.05) is 13.0 Å². The minimum Gasteiger partial charge on any atom is -0.326 e. The molecule has 1 aliphatic rings. The molecule has 2 heterocycles. The van der Waals surface area contributed by atoms with E-state index >= 15 is 0 Å². The average Bonchev–Trinajstić information content (AvgIpc) is 2.76. The molecule has 2 N–H and O–H groups in total. The molecule has 0 aromatic carbocycles. The van der Waals surface area contributed by atoms with Gasteiger partial charge in [0.05, 0.1) is 0 Å². The SMILES string of the molecule is CCC1NC(=O)NC1=O.Cc1cccs1. The van der Waals surface area contributed by atoms with E-state index in [0.29, 0.717) is 6.42 Å². The Morgan fingerprint density at radius 2 is 2.20 bits per heavy atom. The highest BCUT2D eigenvalue weighted by Gasteiger charge is 2.26. The van der Waals surface area contributed by atoms with Crippen LogP contribution in [0.2, 0.25) is 0 Å². The summed E-state index contributed by atoms with van der Waals surface area (Å²) in [6, 6.07) is 3.47. The van der Waals surface area contributed by atoms with Gasteiger partial charge in [0.15, 0.2) is 0 Å². The predicted octanol–water partition coefficient (Wildman–Crippen LogP) is 1.66. The lowest BCUT2D eigenvalue weighted by Gasteiger charge is -1.98. The largest absolute Gasteiger partial charge is 0.326 e. The molecule has 4 nitrogen and oxygen atoms in total. The monoisotopic (exact) mass is 226 g/mol. The topological polar surface area (TPSA) is 58.2 Å². The molecule has 2 rings (SSSR count). The van der Waals surface area contributed by atoms with Gasteiger partial charge in [0.1, 0.15) is 6.04 Å². The summed E-state index contributed by atoms with van der Waals surface area (Å²) in [4.78, 5) is 22.4. The summed E-state index contributed by atoms with van der Waals surface area (Å²) in [5, 5.41) is 6.66. The Kier molecular flexibility index (Phi) is 4.30. The van der Waals surface area contributed by atoms with Crippen LogP contribution < -0.4 is 10.6 Å². The molecule has 0 radical (unpaired) electrons. The molecule has 1 aliphatic heterocycles. The Balaban J connectivity index is 0.000000162. The fraction of sp³-hybridized carbons (Fsp3) is 0.400. The maximum absolute atomic E-state index is 10.6.